The Morgan fingerprint density at radius 3 is 1.78 bits per heavy atom. The molecule has 0 fully saturated rings. The fourth-order valence-electron chi connectivity index (χ4n) is 0. The molecule has 0 aromatic heterocycles. The van der Waals surface area contributed by atoms with E-state index in [-0.39, 0.29) is 12.2 Å². The smallest absolute Gasteiger partial charge is 0.330 e. The lowest BCUT2D eigenvalue weighted by Crippen LogP contribution is -1.92. The molecule has 2 N–H and O–H groups in total. The minimum Gasteiger partial charge on any atom is -0.478 e. The van der Waals surface area contributed by atoms with E-state index in [2.05, 4.69) is 6.58 Å². The summed E-state index contributed by atoms with van der Waals surface area (Å²) >= 11 is 0. The highest BCUT2D eigenvalue weighted by atomic mass is 16.4. The second-order valence-electron chi connectivity index (χ2n) is 1.40. The summed E-state index contributed by atoms with van der Waals surface area (Å²) in [7, 11) is 0. The monoisotopic (exact) mass is 132 g/mol. The molecule has 0 heterocycles. The maximum absolute atomic E-state index is 9.60. The largest absolute Gasteiger partial charge is 0.478 e. The van der Waals surface area contributed by atoms with Crippen LogP contribution in [0.25, 0.3) is 0 Å². The van der Waals surface area contributed by atoms with Crippen LogP contribution in [0.2, 0.25) is 0 Å². The van der Waals surface area contributed by atoms with Crippen LogP contribution in [0.1, 0.15) is 13.8 Å². The van der Waals surface area contributed by atoms with E-state index >= 15 is 0 Å². The standard InChI is InChI=1S/C4H6O2.C2H6O/c1-3(2)4(5)6;1-2-3/h1H2,2H3,(H,5,6);3H,2H2,1H3. The van der Waals surface area contributed by atoms with E-state index in [1.807, 2.05) is 0 Å². The molecule has 0 aromatic rings. The zero-order valence-electron chi connectivity index (χ0n) is 5.72. The quantitative estimate of drug-likeness (QED) is 0.515. The zero-order chi connectivity index (χ0) is 7.86. The van der Waals surface area contributed by atoms with Crippen molar-refractivity contribution in [2.24, 2.45) is 0 Å². The Kier molecular flexibility index (Phi) is 8.79. The van der Waals surface area contributed by atoms with Crippen LogP contribution in [0.3, 0.4) is 0 Å². The summed E-state index contributed by atoms with van der Waals surface area (Å²) in [4.78, 5) is 9.60. The Balaban J connectivity index is 0. The van der Waals surface area contributed by atoms with Crippen LogP contribution in [0, 0.1) is 0 Å². The number of hydrogen-bond acceptors (Lipinski definition) is 2. The lowest BCUT2D eigenvalue weighted by atomic mass is 10.4. The number of hydrogen-bond donors (Lipinski definition) is 2. The van der Waals surface area contributed by atoms with Crippen LogP contribution in [0.4, 0.5) is 0 Å². The average molecular weight is 132 g/mol. The summed E-state index contributed by atoms with van der Waals surface area (Å²) in [6, 6.07) is 0. The molecule has 0 saturated carbocycles. The number of aliphatic hydroxyl groups is 1. The SMILES string of the molecule is C=C(C)C(=O)O.CCO. The van der Waals surface area contributed by atoms with E-state index in [0.29, 0.717) is 0 Å². The molecular weight excluding hydrogens is 120 g/mol. The summed E-state index contributed by atoms with van der Waals surface area (Å²) in [5, 5.41) is 15.5. The molecule has 0 unspecified atom stereocenters. The third kappa shape index (κ3) is 19.1. The van der Waals surface area contributed by atoms with E-state index in [1.165, 1.54) is 6.92 Å². The second-order valence-corrected chi connectivity index (χ2v) is 1.40. The third-order valence-corrected chi connectivity index (χ3v) is 0.365. The minimum absolute atomic E-state index is 0.176. The first-order valence-electron chi connectivity index (χ1n) is 2.55. The first kappa shape index (κ1) is 11.0. The Morgan fingerprint density at radius 1 is 1.67 bits per heavy atom. The van der Waals surface area contributed by atoms with Gasteiger partial charge in [0.1, 0.15) is 0 Å². The summed E-state index contributed by atoms with van der Waals surface area (Å²) in [5.74, 6) is -0.935. The summed E-state index contributed by atoms with van der Waals surface area (Å²) in [5.41, 5.74) is 0.176. The van der Waals surface area contributed by atoms with Gasteiger partial charge in [-0.05, 0) is 13.8 Å². The van der Waals surface area contributed by atoms with Gasteiger partial charge in [0.15, 0.2) is 0 Å². The lowest BCUT2D eigenvalue weighted by molar-refractivity contribution is -0.132. The number of rotatable bonds is 1. The predicted octanol–water partition coefficient (Wildman–Crippen LogP) is 0.646. The molecule has 3 heteroatoms. The molecule has 9 heavy (non-hydrogen) atoms. The van der Waals surface area contributed by atoms with Crippen LogP contribution < -0.4 is 0 Å². The van der Waals surface area contributed by atoms with Gasteiger partial charge in [0.2, 0.25) is 0 Å². The Morgan fingerprint density at radius 2 is 1.78 bits per heavy atom. The van der Waals surface area contributed by atoms with Gasteiger partial charge in [-0.15, -0.1) is 0 Å². The zero-order valence-corrected chi connectivity index (χ0v) is 5.72. The van der Waals surface area contributed by atoms with Crippen molar-refractivity contribution in [3.63, 3.8) is 0 Å². The highest BCUT2D eigenvalue weighted by molar-refractivity contribution is 5.84. The van der Waals surface area contributed by atoms with Gasteiger partial charge in [0.25, 0.3) is 0 Å². The number of carboxylic acid groups (broad SMARTS) is 1. The van der Waals surface area contributed by atoms with Gasteiger partial charge in [-0.1, -0.05) is 6.58 Å². The second kappa shape index (κ2) is 7.17. The van der Waals surface area contributed by atoms with Gasteiger partial charge in [0.05, 0.1) is 0 Å². The van der Waals surface area contributed by atoms with E-state index in [4.69, 9.17) is 10.2 Å². The summed E-state index contributed by atoms with van der Waals surface area (Å²) < 4.78 is 0. The number of aliphatic hydroxyl groups excluding tert-OH is 1. The fraction of sp³-hybridized carbons (Fsp3) is 0.500. The van der Waals surface area contributed by atoms with Crippen molar-refractivity contribution in [2.75, 3.05) is 6.61 Å². The molecule has 0 rings (SSSR count). The van der Waals surface area contributed by atoms with Crippen molar-refractivity contribution in [1.29, 1.82) is 0 Å². The molecular formula is C6H12O3. The summed E-state index contributed by atoms with van der Waals surface area (Å²) in [6.07, 6.45) is 0. The van der Waals surface area contributed by atoms with Gasteiger partial charge in [-0.25, -0.2) is 4.79 Å². The molecule has 0 amide bonds. The first-order valence-corrected chi connectivity index (χ1v) is 2.55. The van der Waals surface area contributed by atoms with Crippen molar-refractivity contribution in [3.8, 4) is 0 Å². The van der Waals surface area contributed by atoms with Gasteiger partial charge in [0, 0.05) is 12.2 Å². The first-order chi connectivity index (χ1) is 4.06. The molecule has 0 bridgehead atoms. The third-order valence-electron chi connectivity index (χ3n) is 0.365. The van der Waals surface area contributed by atoms with E-state index in [0.717, 1.165) is 0 Å². The van der Waals surface area contributed by atoms with Gasteiger partial charge < -0.3 is 10.2 Å². The van der Waals surface area contributed by atoms with Crippen molar-refractivity contribution >= 4 is 5.97 Å². The van der Waals surface area contributed by atoms with Crippen LogP contribution in [0.5, 0.6) is 0 Å². The fourth-order valence-corrected chi connectivity index (χ4v) is 0. The van der Waals surface area contributed by atoms with E-state index < -0.39 is 5.97 Å². The van der Waals surface area contributed by atoms with Crippen molar-refractivity contribution in [2.45, 2.75) is 13.8 Å². The lowest BCUT2D eigenvalue weighted by Gasteiger charge is -1.79. The maximum Gasteiger partial charge on any atom is 0.330 e. The molecule has 0 aliphatic rings. The maximum atomic E-state index is 9.60. The molecule has 3 nitrogen and oxygen atoms in total. The van der Waals surface area contributed by atoms with Gasteiger partial charge in [-0.3, -0.25) is 0 Å². The predicted molar refractivity (Wildman–Crippen MR) is 35.2 cm³/mol. The van der Waals surface area contributed by atoms with Crippen LogP contribution in [-0.2, 0) is 4.79 Å². The van der Waals surface area contributed by atoms with Gasteiger partial charge in [-0.2, -0.15) is 0 Å². The van der Waals surface area contributed by atoms with E-state index in [1.54, 1.807) is 6.92 Å². The Hall–Kier alpha value is -0.830. The number of carboxylic acids is 1. The molecule has 0 aliphatic carbocycles. The molecule has 0 saturated heterocycles. The highest BCUT2D eigenvalue weighted by Crippen LogP contribution is 1.81. The van der Waals surface area contributed by atoms with E-state index in [9.17, 15) is 4.79 Å². The minimum atomic E-state index is -0.935. The molecule has 0 atom stereocenters. The highest BCUT2D eigenvalue weighted by Gasteiger charge is 1.90. The van der Waals surface area contributed by atoms with Crippen LogP contribution >= 0.6 is 0 Å². The molecule has 54 valence electrons. The summed E-state index contributed by atoms with van der Waals surface area (Å²) in [6.45, 7) is 6.53. The number of aliphatic carboxylic acids is 1. The average Bonchev–Trinajstić information content (AvgIpc) is 1.68. The topological polar surface area (TPSA) is 57.5 Å². The Bertz CT molecular complexity index is 84.5. The normalized spacial score (nSPS) is 7.00. The molecule has 0 radical (unpaired) electrons. The molecule has 0 aliphatic heterocycles. The van der Waals surface area contributed by atoms with Crippen molar-refractivity contribution in [3.05, 3.63) is 12.2 Å². The van der Waals surface area contributed by atoms with Gasteiger partial charge >= 0.3 is 5.97 Å². The molecule has 0 aromatic carbocycles. The van der Waals surface area contributed by atoms with Crippen LogP contribution in [0.15, 0.2) is 12.2 Å². The molecule has 0 spiro atoms. The van der Waals surface area contributed by atoms with Crippen LogP contribution in [-0.4, -0.2) is 22.8 Å². The van der Waals surface area contributed by atoms with Crippen molar-refractivity contribution in [1.82, 2.24) is 0 Å². The van der Waals surface area contributed by atoms with Crippen molar-refractivity contribution < 1.29 is 15.0 Å². The Labute approximate surface area is 54.6 Å². The number of carbonyl (C=O) groups is 1.